The number of hydrogen-bond acceptors (Lipinski definition) is 4. The summed E-state index contributed by atoms with van der Waals surface area (Å²) in [7, 11) is 0. The molecule has 2 rings (SSSR count). The topological polar surface area (TPSA) is 84.7 Å². The molecule has 0 saturated carbocycles. The van der Waals surface area contributed by atoms with Crippen molar-refractivity contribution >= 4 is 17.7 Å². The molecule has 6 nitrogen and oxygen atoms in total. The van der Waals surface area contributed by atoms with E-state index in [9.17, 15) is 9.59 Å². The Morgan fingerprint density at radius 2 is 2.14 bits per heavy atom. The number of benzene rings is 1. The van der Waals surface area contributed by atoms with Crippen molar-refractivity contribution in [2.24, 2.45) is 5.73 Å². The van der Waals surface area contributed by atoms with E-state index in [4.69, 9.17) is 10.5 Å². The Kier molecular flexibility index (Phi) is 5.38. The number of hydrogen-bond donors (Lipinski definition) is 2. The molecule has 0 bridgehead atoms. The fourth-order valence-corrected chi connectivity index (χ4v) is 2.45. The Bertz CT molecular complexity index is 547. The second-order valence-electron chi connectivity index (χ2n) is 5.34. The van der Waals surface area contributed by atoms with Gasteiger partial charge in [0.25, 0.3) is 0 Å². The number of nitrogens with zero attached hydrogens (tertiary/aromatic N) is 1. The lowest BCUT2D eigenvalue weighted by atomic mass is 10.1. The minimum atomic E-state index is -0.639. The first-order chi connectivity index (χ1) is 10.6. The lowest BCUT2D eigenvalue weighted by molar-refractivity contribution is -0.121. The Morgan fingerprint density at radius 1 is 1.41 bits per heavy atom. The minimum absolute atomic E-state index is 0.222. The molecule has 0 radical (unpaired) electrons. The van der Waals surface area contributed by atoms with Crippen LogP contribution in [0, 0.1) is 0 Å². The second kappa shape index (κ2) is 7.26. The molecule has 120 valence electrons. The van der Waals surface area contributed by atoms with Gasteiger partial charge in [-0.25, -0.2) is 4.79 Å². The van der Waals surface area contributed by atoms with Crippen LogP contribution in [-0.2, 0) is 16.0 Å². The summed E-state index contributed by atoms with van der Waals surface area (Å²) in [6, 6.07) is 6.94. The molecule has 0 aliphatic carbocycles. The maximum absolute atomic E-state index is 12.5. The molecule has 0 aromatic heterocycles. The predicted octanol–water partition coefficient (Wildman–Crippen LogP) is 1.78. The van der Waals surface area contributed by atoms with Crippen molar-refractivity contribution in [2.75, 3.05) is 11.4 Å². The van der Waals surface area contributed by atoms with Gasteiger partial charge >= 0.3 is 6.09 Å². The summed E-state index contributed by atoms with van der Waals surface area (Å²) < 4.78 is 5.42. The molecule has 1 aliphatic rings. The number of nitrogens with two attached hydrogens (primary N) is 1. The molecule has 0 saturated heterocycles. The first kappa shape index (κ1) is 16.3. The summed E-state index contributed by atoms with van der Waals surface area (Å²) in [6.45, 7) is 4.36. The van der Waals surface area contributed by atoms with Crippen LogP contribution in [-0.4, -0.2) is 30.8 Å². The fourth-order valence-electron chi connectivity index (χ4n) is 2.45. The summed E-state index contributed by atoms with van der Waals surface area (Å²) >= 11 is 0. The van der Waals surface area contributed by atoms with Crippen molar-refractivity contribution in [3.63, 3.8) is 0 Å². The number of ether oxygens (including phenoxy) is 1. The number of anilines is 1. The lowest BCUT2D eigenvalue weighted by Gasteiger charge is -2.27. The van der Waals surface area contributed by atoms with Gasteiger partial charge in [-0.3, -0.25) is 9.69 Å². The molecule has 3 N–H and O–H groups in total. The highest BCUT2D eigenvalue weighted by Gasteiger charge is 2.37. The van der Waals surface area contributed by atoms with Crippen LogP contribution in [0.1, 0.15) is 32.3 Å². The minimum Gasteiger partial charge on any atom is -0.425 e. The van der Waals surface area contributed by atoms with E-state index in [0.29, 0.717) is 19.4 Å². The Labute approximate surface area is 130 Å². The third kappa shape index (κ3) is 3.39. The number of alkyl carbamates (subject to hydrolysis) is 1. The fraction of sp³-hybridized carbons (Fsp3) is 0.500. The van der Waals surface area contributed by atoms with E-state index in [1.807, 2.05) is 38.1 Å². The summed E-state index contributed by atoms with van der Waals surface area (Å²) in [5, 5.41) is 2.66. The maximum atomic E-state index is 12.5. The number of rotatable bonds is 5. The van der Waals surface area contributed by atoms with Crippen LogP contribution in [0.3, 0.4) is 0 Å². The van der Waals surface area contributed by atoms with Gasteiger partial charge < -0.3 is 15.8 Å². The van der Waals surface area contributed by atoms with Crippen LogP contribution in [0.5, 0.6) is 0 Å². The SMILES string of the molecule is CCCNC(=O)O[C@H]1Cc2ccccc2N1C(=O)[C@@H](N)CC. The van der Waals surface area contributed by atoms with Gasteiger partial charge in [0.2, 0.25) is 5.91 Å². The van der Waals surface area contributed by atoms with E-state index in [1.165, 1.54) is 4.90 Å². The number of carbonyl (C=O) groups is 2. The van der Waals surface area contributed by atoms with Gasteiger partial charge in [0.1, 0.15) is 0 Å². The Hall–Kier alpha value is -2.08. The molecular formula is C16H23N3O3. The van der Waals surface area contributed by atoms with E-state index in [2.05, 4.69) is 5.32 Å². The van der Waals surface area contributed by atoms with Gasteiger partial charge in [-0.2, -0.15) is 0 Å². The normalized spacial score (nSPS) is 17.8. The summed E-state index contributed by atoms with van der Waals surface area (Å²) in [4.78, 5) is 25.9. The Balaban J connectivity index is 2.19. The average Bonchev–Trinajstić information content (AvgIpc) is 2.89. The maximum Gasteiger partial charge on any atom is 0.409 e. The average molecular weight is 305 g/mol. The van der Waals surface area contributed by atoms with Gasteiger partial charge in [0.15, 0.2) is 6.23 Å². The molecule has 0 unspecified atom stereocenters. The molecule has 1 heterocycles. The van der Waals surface area contributed by atoms with Crippen molar-refractivity contribution in [1.29, 1.82) is 0 Å². The molecule has 1 aliphatic heterocycles. The standard InChI is InChI=1S/C16H23N3O3/c1-3-9-18-16(21)22-14-10-11-7-5-6-8-13(11)19(14)15(20)12(17)4-2/h5-8,12,14H,3-4,9-10,17H2,1-2H3,(H,18,21)/t12-,14-/m0/s1. The van der Waals surface area contributed by atoms with Crippen LogP contribution in [0.25, 0.3) is 0 Å². The van der Waals surface area contributed by atoms with E-state index in [-0.39, 0.29) is 5.91 Å². The molecule has 2 amide bonds. The highest BCUT2D eigenvalue weighted by atomic mass is 16.6. The lowest BCUT2D eigenvalue weighted by Crippen LogP contribution is -2.49. The number of nitrogens with one attached hydrogen (secondary N) is 1. The molecule has 2 atom stereocenters. The van der Waals surface area contributed by atoms with Crippen molar-refractivity contribution in [2.45, 2.75) is 45.4 Å². The van der Waals surface area contributed by atoms with Gasteiger partial charge in [-0.1, -0.05) is 32.0 Å². The van der Waals surface area contributed by atoms with Crippen LogP contribution >= 0.6 is 0 Å². The number of fused-ring (bicyclic) bond motifs is 1. The van der Waals surface area contributed by atoms with Gasteiger partial charge in [0, 0.05) is 13.0 Å². The molecule has 0 spiro atoms. The number of amides is 2. The molecule has 22 heavy (non-hydrogen) atoms. The largest absolute Gasteiger partial charge is 0.425 e. The molecule has 6 heteroatoms. The zero-order valence-electron chi connectivity index (χ0n) is 13.0. The number of para-hydroxylation sites is 1. The zero-order chi connectivity index (χ0) is 16.1. The van der Waals surface area contributed by atoms with Crippen LogP contribution < -0.4 is 16.0 Å². The quantitative estimate of drug-likeness (QED) is 0.868. The van der Waals surface area contributed by atoms with Crippen LogP contribution in [0.2, 0.25) is 0 Å². The monoisotopic (exact) mass is 305 g/mol. The molecule has 1 aromatic rings. The van der Waals surface area contributed by atoms with Crippen molar-refractivity contribution < 1.29 is 14.3 Å². The van der Waals surface area contributed by atoms with Gasteiger partial charge in [0.05, 0.1) is 11.7 Å². The summed E-state index contributed by atoms with van der Waals surface area (Å²) in [5.41, 5.74) is 7.63. The second-order valence-corrected chi connectivity index (χ2v) is 5.34. The predicted molar refractivity (Wildman–Crippen MR) is 84.5 cm³/mol. The van der Waals surface area contributed by atoms with E-state index in [1.54, 1.807) is 0 Å². The van der Waals surface area contributed by atoms with Crippen LogP contribution in [0.4, 0.5) is 10.5 Å². The van der Waals surface area contributed by atoms with E-state index in [0.717, 1.165) is 17.7 Å². The van der Waals surface area contributed by atoms with Crippen molar-refractivity contribution in [3.8, 4) is 0 Å². The highest BCUT2D eigenvalue weighted by Crippen LogP contribution is 2.33. The van der Waals surface area contributed by atoms with E-state index < -0.39 is 18.4 Å². The highest BCUT2D eigenvalue weighted by molar-refractivity contribution is 5.99. The van der Waals surface area contributed by atoms with Gasteiger partial charge in [-0.05, 0) is 24.5 Å². The zero-order valence-corrected chi connectivity index (χ0v) is 13.0. The van der Waals surface area contributed by atoms with Crippen LogP contribution in [0.15, 0.2) is 24.3 Å². The molecule has 1 aromatic carbocycles. The molecule has 0 fully saturated rings. The number of carbonyl (C=O) groups excluding carboxylic acids is 2. The van der Waals surface area contributed by atoms with Crippen molar-refractivity contribution in [3.05, 3.63) is 29.8 Å². The van der Waals surface area contributed by atoms with E-state index >= 15 is 0 Å². The summed E-state index contributed by atoms with van der Waals surface area (Å²) in [5.74, 6) is -0.222. The smallest absolute Gasteiger partial charge is 0.409 e. The third-order valence-electron chi connectivity index (χ3n) is 3.69. The van der Waals surface area contributed by atoms with Crippen molar-refractivity contribution in [1.82, 2.24) is 5.32 Å². The molecular weight excluding hydrogens is 282 g/mol. The first-order valence-corrected chi connectivity index (χ1v) is 7.69. The first-order valence-electron chi connectivity index (χ1n) is 7.69. The summed E-state index contributed by atoms with van der Waals surface area (Å²) in [6.07, 6.45) is 0.690. The Morgan fingerprint density at radius 3 is 2.82 bits per heavy atom. The third-order valence-corrected chi connectivity index (χ3v) is 3.69. The van der Waals surface area contributed by atoms with Gasteiger partial charge in [-0.15, -0.1) is 0 Å².